The highest BCUT2D eigenvalue weighted by atomic mass is 16.6. The lowest BCUT2D eigenvalue weighted by Crippen LogP contribution is -2.41. The molecule has 0 bridgehead atoms. The lowest BCUT2D eigenvalue weighted by Gasteiger charge is -2.33. The molecule has 0 spiro atoms. The summed E-state index contributed by atoms with van der Waals surface area (Å²) in [4.78, 5) is 45.5. The van der Waals surface area contributed by atoms with E-state index in [9.17, 15) is 19.2 Å². The van der Waals surface area contributed by atoms with E-state index in [4.69, 9.17) is 9.47 Å². The summed E-state index contributed by atoms with van der Waals surface area (Å²) in [5, 5.41) is 4.19. The predicted molar refractivity (Wildman–Crippen MR) is 87.1 cm³/mol. The minimum atomic E-state index is -0.831. The first-order valence-corrected chi connectivity index (χ1v) is 8.11. The van der Waals surface area contributed by atoms with Crippen LogP contribution in [0.5, 0.6) is 0 Å². The fourth-order valence-electron chi connectivity index (χ4n) is 1.76. The van der Waals surface area contributed by atoms with E-state index < -0.39 is 29.4 Å². The highest BCUT2D eigenvalue weighted by molar-refractivity contribution is 5.92. The van der Waals surface area contributed by atoms with Gasteiger partial charge in [-0.3, -0.25) is 20.2 Å². The SMILES string of the molecule is CCC(=O)NC(=O)OCC(C)(COC(=O)NC(=O)CC)C(C)CC. The van der Waals surface area contributed by atoms with Gasteiger partial charge in [0.2, 0.25) is 11.8 Å². The zero-order valence-electron chi connectivity index (χ0n) is 15.1. The van der Waals surface area contributed by atoms with Crippen LogP contribution in [-0.2, 0) is 19.1 Å². The Kier molecular flexibility index (Phi) is 9.68. The molecule has 0 radical (unpaired) electrons. The molecule has 0 aliphatic carbocycles. The number of carbonyl (C=O) groups is 4. The zero-order chi connectivity index (χ0) is 18.8. The first kappa shape index (κ1) is 21.9. The average Bonchev–Trinajstić information content (AvgIpc) is 2.56. The minimum absolute atomic E-state index is 0.0279. The summed E-state index contributed by atoms with van der Waals surface area (Å²) >= 11 is 0. The number of rotatable bonds is 8. The number of nitrogens with one attached hydrogen (secondary N) is 2. The number of hydrogen-bond acceptors (Lipinski definition) is 6. The minimum Gasteiger partial charge on any atom is -0.449 e. The summed E-state index contributed by atoms with van der Waals surface area (Å²) in [6, 6.07) is 0. The highest BCUT2D eigenvalue weighted by Gasteiger charge is 2.34. The van der Waals surface area contributed by atoms with E-state index in [1.54, 1.807) is 13.8 Å². The van der Waals surface area contributed by atoms with E-state index in [1.807, 2.05) is 20.8 Å². The third kappa shape index (κ3) is 7.94. The second-order valence-corrected chi connectivity index (χ2v) is 5.92. The number of ether oxygens (including phenoxy) is 2. The van der Waals surface area contributed by atoms with Crippen LogP contribution >= 0.6 is 0 Å². The molecule has 0 saturated heterocycles. The molecule has 0 rings (SSSR count). The molecular formula is C16H28N2O6. The molecule has 8 nitrogen and oxygen atoms in total. The molecule has 8 heteroatoms. The largest absolute Gasteiger partial charge is 0.449 e. The molecule has 138 valence electrons. The van der Waals surface area contributed by atoms with Gasteiger partial charge in [-0.05, 0) is 5.92 Å². The first-order valence-electron chi connectivity index (χ1n) is 8.11. The van der Waals surface area contributed by atoms with Crippen molar-refractivity contribution >= 4 is 24.0 Å². The lowest BCUT2D eigenvalue weighted by atomic mass is 9.78. The summed E-state index contributed by atoms with van der Waals surface area (Å²) in [5.41, 5.74) is -0.645. The van der Waals surface area contributed by atoms with Gasteiger partial charge in [0.25, 0.3) is 0 Å². The number of carbonyl (C=O) groups excluding carboxylic acids is 4. The standard InChI is InChI=1S/C16H28N2O6/c1-6-11(4)16(5,9-23-14(21)17-12(19)7-2)10-24-15(22)18-13(20)8-3/h11H,6-10H2,1-5H3,(H,17,19,21)(H,18,20,22). The van der Waals surface area contributed by atoms with E-state index in [0.717, 1.165) is 6.42 Å². The van der Waals surface area contributed by atoms with E-state index in [-0.39, 0.29) is 32.0 Å². The number of alkyl carbamates (subject to hydrolysis) is 2. The average molecular weight is 344 g/mol. The third-order valence-corrected chi connectivity index (χ3v) is 3.99. The van der Waals surface area contributed by atoms with Crippen molar-refractivity contribution in [1.29, 1.82) is 0 Å². The maximum Gasteiger partial charge on any atom is 0.413 e. The Bertz CT molecular complexity index is 429. The third-order valence-electron chi connectivity index (χ3n) is 3.99. The normalized spacial score (nSPS) is 12.0. The van der Waals surface area contributed by atoms with Crippen LogP contribution in [0.3, 0.4) is 0 Å². The Labute approximate surface area is 142 Å². The molecule has 0 aromatic heterocycles. The Hall–Kier alpha value is -2.12. The second kappa shape index (κ2) is 10.6. The molecule has 2 N–H and O–H groups in total. The second-order valence-electron chi connectivity index (χ2n) is 5.92. The lowest BCUT2D eigenvalue weighted by molar-refractivity contribution is -0.121. The molecule has 0 aromatic carbocycles. The van der Waals surface area contributed by atoms with Crippen molar-refractivity contribution in [1.82, 2.24) is 10.6 Å². The summed E-state index contributed by atoms with van der Waals surface area (Å²) in [6.45, 7) is 8.90. The van der Waals surface area contributed by atoms with Crippen molar-refractivity contribution in [2.24, 2.45) is 11.3 Å². The van der Waals surface area contributed by atoms with E-state index in [1.165, 1.54) is 0 Å². The van der Waals surface area contributed by atoms with Gasteiger partial charge in [-0.15, -0.1) is 0 Å². The van der Waals surface area contributed by atoms with Crippen molar-refractivity contribution in [3.63, 3.8) is 0 Å². The molecule has 0 aliphatic rings. The van der Waals surface area contributed by atoms with Crippen LogP contribution < -0.4 is 10.6 Å². The molecule has 0 heterocycles. The predicted octanol–water partition coefficient (Wildman–Crippen LogP) is 2.36. The van der Waals surface area contributed by atoms with E-state index in [2.05, 4.69) is 10.6 Å². The fraction of sp³-hybridized carbons (Fsp3) is 0.750. The topological polar surface area (TPSA) is 111 Å². The molecule has 1 unspecified atom stereocenters. The monoisotopic (exact) mass is 344 g/mol. The van der Waals surface area contributed by atoms with Gasteiger partial charge in [0.15, 0.2) is 0 Å². The molecule has 0 fully saturated rings. The van der Waals surface area contributed by atoms with Gasteiger partial charge in [-0.2, -0.15) is 0 Å². The first-order chi connectivity index (χ1) is 11.2. The Balaban J connectivity index is 4.66. The highest BCUT2D eigenvalue weighted by Crippen LogP contribution is 2.30. The Morgan fingerprint density at radius 3 is 1.54 bits per heavy atom. The smallest absolute Gasteiger partial charge is 0.413 e. The Morgan fingerprint density at radius 1 is 0.875 bits per heavy atom. The maximum atomic E-state index is 11.6. The van der Waals surface area contributed by atoms with Gasteiger partial charge in [0, 0.05) is 18.3 Å². The van der Waals surface area contributed by atoms with E-state index >= 15 is 0 Å². The number of amides is 4. The van der Waals surface area contributed by atoms with Gasteiger partial charge < -0.3 is 9.47 Å². The summed E-state index contributed by atoms with van der Waals surface area (Å²) in [7, 11) is 0. The van der Waals surface area contributed by atoms with Crippen molar-refractivity contribution in [2.45, 2.75) is 53.9 Å². The quantitative estimate of drug-likeness (QED) is 0.699. The van der Waals surface area contributed by atoms with Crippen molar-refractivity contribution < 1.29 is 28.7 Å². The summed E-state index contributed by atoms with van der Waals surface area (Å²) < 4.78 is 10.2. The Morgan fingerprint density at radius 2 is 1.25 bits per heavy atom. The van der Waals surface area contributed by atoms with Gasteiger partial charge in [0.1, 0.15) is 13.2 Å². The summed E-state index contributed by atoms with van der Waals surface area (Å²) in [5.74, 6) is -0.792. The van der Waals surface area contributed by atoms with Crippen LogP contribution in [0, 0.1) is 11.3 Å². The van der Waals surface area contributed by atoms with Crippen LogP contribution in [0.1, 0.15) is 53.9 Å². The van der Waals surface area contributed by atoms with Crippen LogP contribution in [0.2, 0.25) is 0 Å². The fourth-order valence-corrected chi connectivity index (χ4v) is 1.76. The molecule has 0 aromatic rings. The van der Waals surface area contributed by atoms with Gasteiger partial charge in [0.05, 0.1) is 0 Å². The van der Waals surface area contributed by atoms with Crippen molar-refractivity contribution in [2.75, 3.05) is 13.2 Å². The zero-order valence-corrected chi connectivity index (χ0v) is 15.1. The molecule has 24 heavy (non-hydrogen) atoms. The van der Waals surface area contributed by atoms with Crippen molar-refractivity contribution in [3.8, 4) is 0 Å². The molecular weight excluding hydrogens is 316 g/mol. The van der Waals surface area contributed by atoms with Crippen LogP contribution in [-0.4, -0.2) is 37.2 Å². The molecule has 4 amide bonds. The number of imide groups is 2. The van der Waals surface area contributed by atoms with Crippen LogP contribution in [0.25, 0.3) is 0 Å². The maximum absolute atomic E-state index is 11.6. The van der Waals surface area contributed by atoms with Gasteiger partial charge >= 0.3 is 12.2 Å². The molecule has 0 saturated carbocycles. The molecule has 1 atom stereocenters. The van der Waals surface area contributed by atoms with Gasteiger partial charge in [-0.1, -0.05) is 41.0 Å². The van der Waals surface area contributed by atoms with Crippen molar-refractivity contribution in [3.05, 3.63) is 0 Å². The summed E-state index contributed by atoms with van der Waals surface area (Å²) in [6.07, 6.45) is -0.545. The van der Waals surface area contributed by atoms with Crippen LogP contribution in [0.15, 0.2) is 0 Å². The molecule has 0 aliphatic heterocycles. The van der Waals surface area contributed by atoms with E-state index in [0.29, 0.717) is 0 Å². The van der Waals surface area contributed by atoms with Crippen LogP contribution in [0.4, 0.5) is 9.59 Å². The van der Waals surface area contributed by atoms with Gasteiger partial charge in [-0.25, -0.2) is 9.59 Å². The number of hydrogen-bond donors (Lipinski definition) is 2.